The summed E-state index contributed by atoms with van der Waals surface area (Å²) < 4.78 is 14.0. The molecule has 0 fully saturated rings. The third-order valence-corrected chi connectivity index (χ3v) is 2.09. The van der Waals surface area contributed by atoms with Gasteiger partial charge >= 0.3 is 0 Å². The van der Waals surface area contributed by atoms with Crippen molar-refractivity contribution in [2.45, 2.75) is 26.7 Å². The lowest BCUT2D eigenvalue weighted by molar-refractivity contribution is 0.574. The van der Waals surface area contributed by atoms with Crippen LogP contribution in [-0.4, -0.2) is 4.98 Å². The van der Waals surface area contributed by atoms with Crippen LogP contribution in [-0.2, 0) is 0 Å². The smallest absolute Gasteiger partial charge is 0.147 e. The van der Waals surface area contributed by atoms with Crippen molar-refractivity contribution in [1.82, 2.24) is 4.98 Å². The zero-order valence-corrected chi connectivity index (χ0v) is 8.94. The molecule has 0 atom stereocenters. The number of aryl methyl sites for hydroxylation is 1. The van der Waals surface area contributed by atoms with E-state index in [4.69, 9.17) is 0 Å². The molecule has 1 rings (SSSR count). The van der Waals surface area contributed by atoms with E-state index in [1.165, 1.54) is 0 Å². The van der Waals surface area contributed by atoms with Crippen molar-refractivity contribution < 1.29 is 4.39 Å². The maximum Gasteiger partial charge on any atom is 0.147 e. The molecular weight excluding hydrogens is 221 g/mol. The quantitative estimate of drug-likeness (QED) is 0.676. The molecule has 0 radical (unpaired) electrons. The summed E-state index contributed by atoms with van der Waals surface area (Å²) in [6.07, 6.45) is 0. The predicted molar refractivity (Wildman–Crippen MR) is 50.7 cm³/mol. The Bertz CT molecular complexity index is 297. The minimum atomic E-state index is -0.187. The molecule has 0 saturated heterocycles. The standard InChI is InChI=1S/C9H11BrFN/c1-5(2)9-8(11)6(3)4-7(10)12-9/h4-5H,1-3H3. The highest BCUT2D eigenvalue weighted by atomic mass is 79.9. The fourth-order valence-electron chi connectivity index (χ4n) is 1.02. The second kappa shape index (κ2) is 3.52. The first-order chi connectivity index (χ1) is 5.52. The van der Waals surface area contributed by atoms with Crippen molar-refractivity contribution in [2.24, 2.45) is 0 Å². The predicted octanol–water partition coefficient (Wildman–Crippen LogP) is 3.42. The van der Waals surface area contributed by atoms with E-state index in [1.807, 2.05) is 13.8 Å². The molecule has 0 amide bonds. The van der Waals surface area contributed by atoms with Crippen molar-refractivity contribution in [3.05, 3.63) is 27.7 Å². The zero-order valence-electron chi connectivity index (χ0n) is 7.36. The lowest BCUT2D eigenvalue weighted by Gasteiger charge is -2.08. The number of pyridine rings is 1. The van der Waals surface area contributed by atoms with Crippen LogP contribution in [0.15, 0.2) is 10.7 Å². The summed E-state index contributed by atoms with van der Waals surface area (Å²) in [6, 6.07) is 1.68. The van der Waals surface area contributed by atoms with Gasteiger partial charge in [0.25, 0.3) is 0 Å². The molecule has 0 aliphatic carbocycles. The second-order valence-corrected chi connectivity index (χ2v) is 3.93. The highest BCUT2D eigenvalue weighted by Crippen LogP contribution is 2.21. The van der Waals surface area contributed by atoms with Crippen LogP contribution in [0, 0.1) is 12.7 Å². The highest BCUT2D eigenvalue weighted by Gasteiger charge is 2.11. The Balaban J connectivity index is 3.28. The van der Waals surface area contributed by atoms with Crippen LogP contribution in [0.2, 0.25) is 0 Å². The molecule has 1 aromatic rings. The fourth-order valence-corrected chi connectivity index (χ4v) is 1.56. The Morgan fingerprint density at radius 2 is 2.08 bits per heavy atom. The molecule has 0 aliphatic heterocycles. The third kappa shape index (κ3) is 1.83. The summed E-state index contributed by atoms with van der Waals surface area (Å²) in [5.74, 6) is -0.0607. The topological polar surface area (TPSA) is 12.9 Å². The Hall–Kier alpha value is -0.440. The zero-order chi connectivity index (χ0) is 9.30. The van der Waals surface area contributed by atoms with Crippen molar-refractivity contribution in [3.63, 3.8) is 0 Å². The second-order valence-electron chi connectivity index (χ2n) is 3.12. The number of rotatable bonds is 1. The minimum absolute atomic E-state index is 0.126. The Morgan fingerprint density at radius 1 is 1.50 bits per heavy atom. The van der Waals surface area contributed by atoms with Crippen LogP contribution in [0.1, 0.15) is 31.0 Å². The molecule has 0 bridgehead atoms. The van der Waals surface area contributed by atoms with Gasteiger partial charge in [-0.25, -0.2) is 9.37 Å². The normalized spacial score (nSPS) is 10.8. The summed E-state index contributed by atoms with van der Waals surface area (Å²) in [7, 11) is 0. The van der Waals surface area contributed by atoms with Gasteiger partial charge in [0, 0.05) is 0 Å². The van der Waals surface area contributed by atoms with Gasteiger partial charge in [-0.2, -0.15) is 0 Å². The van der Waals surface area contributed by atoms with Crippen molar-refractivity contribution in [3.8, 4) is 0 Å². The summed E-state index contributed by atoms with van der Waals surface area (Å²) in [6.45, 7) is 5.60. The largest absolute Gasteiger partial charge is 0.243 e. The number of nitrogens with zero attached hydrogens (tertiary/aromatic N) is 1. The molecule has 1 heterocycles. The fraction of sp³-hybridized carbons (Fsp3) is 0.444. The minimum Gasteiger partial charge on any atom is -0.243 e. The van der Waals surface area contributed by atoms with Crippen LogP contribution in [0.4, 0.5) is 4.39 Å². The van der Waals surface area contributed by atoms with Gasteiger partial charge in [0.1, 0.15) is 10.4 Å². The Kier molecular flexibility index (Phi) is 2.83. The van der Waals surface area contributed by atoms with Gasteiger partial charge in [0.05, 0.1) is 5.69 Å². The molecule has 12 heavy (non-hydrogen) atoms. The summed E-state index contributed by atoms with van der Waals surface area (Å²) >= 11 is 3.24. The van der Waals surface area contributed by atoms with Gasteiger partial charge < -0.3 is 0 Å². The first-order valence-corrected chi connectivity index (χ1v) is 4.64. The van der Waals surface area contributed by atoms with Crippen LogP contribution < -0.4 is 0 Å². The van der Waals surface area contributed by atoms with E-state index in [0.29, 0.717) is 15.9 Å². The summed E-state index contributed by atoms with van der Waals surface area (Å²) in [4.78, 5) is 4.07. The lowest BCUT2D eigenvalue weighted by atomic mass is 10.1. The average molecular weight is 232 g/mol. The molecule has 3 heteroatoms. The average Bonchev–Trinajstić information content (AvgIpc) is 1.96. The Labute approximate surface area is 80.1 Å². The summed E-state index contributed by atoms with van der Waals surface area (Å²) in [5.41, 5.74) is 1.17. The van der Waals surface area contributed by atoms with E-state index >= 15 is 0 Å². The Morgan fingerprint density at radius 3 is 2.58 bits per heavy atom. The monoisotopic (exact) mass is 231 g/mol. The summed E-state index contributed by atoms with van der Waals surface area (Å²) in [5, 5.41) is 0. The van der Waals surface area contributed by atoms with E-state index in [0.717, 1.165) is 0 Å². The van der Waals surface area contributed by atoms with Gasteiger partial charge in [-0.05, 0) is 40.4 Å². The molecular formula is C9H11BrFN. The van der Waals surface area contributed by atoms with Crippen molar-refractivity contribution in [1.29, 1.82) is 0 Å². The molecule has 0 aromatic carbocycles. The first kappa shape index (κ1) is 9.65. The van der Waals surface area contributed by atoms with Crippen LogP contribution in [0.3, 0.4) is 0 Å². The van der Waals surface area contributed by atoms with Gasteiger partial charge in [-0.3, -0.25) is 0 Å². The molecule has 0 saturated carbocycles. The number of halogens is 2. The van der Waals surface area contributed by atoms with E-state index in [9.17, 15) is 4.39 Å². The van der Waals surface area contributed by atoms with Gasteiger partial charge in [0.15, 0.2) is 0 Å². The third-order valence-electron chi connectivity index (χ3n) is 1.68. The SMILES string of the molecule is Cc1cc(Br)nc(C(C)C)c1F. The molecule has 1 aromatic heterocycles. The molecule has 0 unspecified atom stereocenters. The van der Waals surface area contributed by atoms with Gasteiger partial charge in [0.2, 0.25) is 0 Å². The van der Waals surface area contributed by atoms with Crippen molar-refractivity contribution in [2.75, 3.05) is 0 Å². The van der Waals surface area contributed by atoms with Crippen LogP contribution >= 0.6 is 15.9 Å². The maximum absolute atomic E-state index is 13.3. The van der Waals surface area contributed by atoms with Crippen molar-refractivity contribution >= 4 is 15.9 Å². The highest BCUT2D eigenvalue weighted by molar-refractivity contribution is 9.10. The van der Waals surface area contributed by atoms with Crippen LogP contribution in [0.25, 0.3) is 0 Å². The maximum atomic E-state index is 13.3. The number of hydrogen-bond donors (Lipinski definition) is 0. The van der Waals surface area contributed by atoms with Gasteiger partial charge in [-0.1, -0.05) is 13.8 Å². The van der Waals surface area contributed by atoms with E-state index in [2.05, 4.69) is 20.9 Å². The molecule has 0 N–H and O–H groups in total. The molecule has 0 spiro atoms. The molecule has 1 nitrogen and oxygen atoms in total. The van der Waals surface area contributed by atoms with E-state index in [1.54, 1.807) is 13.0 Å². The van der Waals surface area contributed by atoms with Gasteiger partial charge in [-0.15, -0.1) is 0 Å². The molecule has 66 valence electrons. The van der Waals surface area contributed by atoms with E-state index < -0.39 is 0 Å². The first-order valence-electron chi connectivity index (χ1n) is 3.85. The van der Waals surface area contributed by atoms with Crippen LogP contribution in [0.5, 0.6) is 0 Å². The number of hydrogen-bond acceptors (Lipinski definition) is 1. The molecule has 0 aliphatic rings. The van der Waals surface area contributed by atoms with E-state index in [-0.39, 0.29) is 11.7 Å². The lowest BCUT2D eigenvalue weighted by Crippen LogP contribution is -2.00. The number of aromatic nitrogens is 1.